The Balaban J connectivity index is 1.36. The SMILES string of the molecule is CN(C)CC(=O)OCC1(c2ccc(C#Cc3cc4n(c3)C(=O)N(CC[C@](C)(C(=O)NO)S(C)(=O)=O)C4)cc2)CC1. The van der Waals surface area contributed by atoms with Crippen molar-refractivity contribution in [2.75, 3.05) is 40.0 Å². The Hall–Kier alpha value is -3.66. The van der Waals surface area contributed by atoms with Gasteiger partial charge in [0.15, 0.2) is 14.6 Å². The normalized spacial score (nSPS) is 17.1. The first-order valence-corrected chi connectivity index (χ1v) is 14.7. The molecule has 1 aromatic carbocycles. The molecule has 2 aromatic rings. The number of aromatic nitrogens is 1. The quantitative estimate of drug-likeness (QED) is 0.190. The number of fused-ring (bicyclic) bond motifs is 1. The van der Waals surface area contributed by atoms with E-state index in [0.29, 0.717) is 17.9 Å². The zero-order chi connectivity index (χ0) is 29.3. The number of carbonyl (C=O) groups excluding carboxylic acids is 3. The summed E-state index contributed by atoms with van der Waals surface area (Å²) in [4.78, 5) is 40.1. The number of benzene rings is 1. The number of amides is 2. The number of likely N-dealkylation sites (N-methyl/N-ethyl adjacent to an activating group) is 1. The van der Waals surface area contributed by atoms with E-state index < -0.39 is 20.5 Å². The molecule has 11 nitrogen and oxygen atoms in total. The van der Waals surface area contributed by atoms with Crippen LogP contribution in [-0.2, 0) is 36.1 Å². The van der Waals surface area contributed by atoms with Crippen LogP contribution in [0.4, 0.5) is 4.79 Å². The number of hydrogen-bond donors (Lipinski definition) is 2. The van der Waals surface area contributed by atoms with Crippen molar-refractivity contribution in [1.82, 2.24) is 19.8 Å². The van der Waals surface area contributed by atoms with Crippen LogP contribution >= 0.6 is 0 Å². The molecule has 1 saturated carbocycles. The van der Waals surface area contributed by atoms with Crippen LogP contribution in [0.2, 0.25) is 0 Å². The van der Waals surface area contributed by atoms with E-state index in [-0.39, 0.29) is 43.5 Å². The maximum absolute atomic E-state index is 12.9. The molecule has 12 heteroatoms. The van der Waals surface area contributed by atoms with Gasteiger partial charge in [-0.3, -0.25) is 24.3 Å². The molecule has 1 atom stereocenters. The predicted molar refractivity (Wildman–Crippen MR) is 146 cm³/mol. The molecular weight excluding hydrogens is 536 g/mol. The summed E-state index contributed by atoms with van der Waals surface area (Å²) in [6, 6.07) is 9.35. The Morgan fingerprint density at radius 3 is 2.38 bits per heavy atom. The first-order chi connectivity index (χ1) is 18.8. The molecule has 0 unspecified atom stereocenters. The molecule has 2 heterocycles. The molecule has 2 amide bonds. The van der Waals surface area contributed by atoms with Gasteiger partial charge in [-0.05, 0) is 64.0 Å². The van der Waals surface area contributed by atoms with Gasteiger partial charge < -0.3 is 9.64 Å². The molecule has 4 rings (SSSR count). The van der Waals surface area contributed by atoms with Crippen molar-refractivity contribution in [1.29, 1.82) is 0 Å². The van der Waals surface area contributed by atoms with Crippen molar-refractivity contribution < 1.29 is 32.7 Å². The van der Waals surface area contributed by atoms with Crippen LogP contribution < -0.4 is 5.48 Å². The lowest BCUT2D eigenvalue weighted by Gasteiger charge is -2.27. The Labute approximate surface area is 234 Å². The second-order valence-electron chi connectivity index (χ2n) is 11.0. The van der Waals surface area contributed by atoms with E-state index in [4.69, 9.17) is 9.94 Å². The summed E-state index contributed by atoms with van der Waals surface area (Å²) in [6.07, 6.45) is 4.32. The monoisotopic (exact) mass is 570 g/mol. The number of ether oxygens (including phenoxy) is 1. The maximum Gasteiger partial charge on any atom is 0.328 e. The van der Waals surface area contributed by atoms with Gasteiger partial charge in [0.25, 0.3) is 5.91 Å². The van der Waals surface area contributed by atoms with Crippen LogP contribution in [0.1, 0.15) is 48.6 Å². The number of sulfone groups is 1. The molecule has 1 aliphatic carbocycles. The number of nitrogens with zero attached hydrogens (tertiary/aromatic N) is 3. The van der Waals surface area contributed by atoms with Crippen molar-refractivity contribution >= 4 is 27.7 Å². The molecule has 1 aliphatic heterocycles. The second-order valence-corrected chi connectivity index (χ2v) is 13.4. The van der Waals surface area contributed by atoms with Crippen LogP contribution in [-0.4, -0.2) is 90.7 Å². The zero-order valence-electron chi connectivity index (χ0n) is 23.1. The molecule has 2 N–H and O–H groups in total. The van der Waals surface area contributed by atoms with E-state index in [2.05, 4.69) is 11.8 Å². The van der Waals surface area contributed by atoms with Crippen LogP contribution in [0.3, 0.4) is 0 Å². The van der Waals surface area contributed by atoms with E-state index in [0.717, 1.165) is 30.2 Å². The molecule has 0 saturated heterocycles. The minimum absolute atomic E-state index is 0.0151. The lowest BCUT2D eigenvalue weighted by Crippen LogP contribution is -2.50. The molecule has 0 radical (unpaired) electrons. The van der Waals surface area contributed by atoms with Gasteiger partial charge in [-0.2, -0.15) is 0 Å². The number of esters is 1. The Morgan fingerprint density at radius 1 is 1.18 bits per heavy atom. The van der Waals surface area contributed by atoms with E-state index >= 15 is 0 Å². The fourth-order valence-corrected chi connectivity index (χ4v) is 5.49. The summed E-state index contributed by atoms with van der Waals surface area (Å²) in [5.74, 6) is 4.92. The Morgan fingerprint density at radius 2 is 1.82 bits per heavy atom. The van der Waals surface area contributed by atoms with E-state index in [1.807, 2.05) is 38.4 Å². The lowest BCUT2D eigenvalue weighted by atomic mass is 9.96. The minimum atomic E-state index is -3.85. The van der Waals surface area contributed by atoms with Crippen molar-refractivity contribution in [3.05, 3.63) is 58.9 Å². The highest BCUT2D eigenvalue weighted by Crippen LogP contribution is 2.48. The molecule has 1 aromatic heterocycles. The summed E-state index contributed by atoms with van der Waals surface area (Å²) in [5.41, 5.74) is 4.59. The van der Waals surface area contributed by atoms with Gasteiger partial charge in [0.1, 0.15) is 6.61 Å². The highest BCUT2D eigenvalue weighted by molar-refractivity contribution is 7.92. The number of hydrogen-bond acceptors (Lipinski definition) is 8. The average molecular weight is 571 g/mol. The molecule has 1 fully saturated rings. The molecule has 40 heavy (non-hydrogen) atoms. The molecule has 2 aliphatic rings. The third-order valence-electron chi connectivity index (χ3n) is 7.64. The molecular formula is C28H34N4O7S. The molecule has 214 valence electrons. The number of nitrogens with one attached hydrogen (secondary N) is 1. The topological polar surface area (TPSA) is 138 Å². The zero-order valence-corrected chi connectivity index (χ0v) is 23.9. The summed E-state index contributed by atoms with van der Waals surface area (Å²) < 4.78 is 29.4. The van der Waals surface area contributed by atoms with Gasteiger partial charge in [0.2, 0.25) is 0 Å². The third-order valence-corrected chi connectivity index (χ3v) is 9.67. The predicted octanol–water partition coefficient (Wildman–Crippen LogP) is 1.51. The van der Waals surface area contributed by atoms with Crippen molar-refractivity contribution in [2.24, 2.45) is 0 Å². The van der Waals surface area contributed by atoms with Crippen molar-refractivity contribution in [3.63, 3.8) is 0 Å². The summed E-state index contributed by atoms with van der Waals surface area (Å²) in [6.45, 7) is 2.11. The highest BCUT2D eigenvalue weighted by Gasteiger charge is 2.46. The van der Waals surface area contributed by atoms with Gasteiger partial charge in [-0.15, -0.1) is 0 Å². The van der Waals surface area contributed by atoms with Crippen LogP contribution in [0, 0.1) is 11.8 Å². The lowest BCUT2D eigenvalue weighted by molar-refractivity contribution is -0.145. The van der Waals surface area contributed by atoms with Crippen molar-refractivity contribution in [3.8, 4) is 11.8 Å². The number of carbonyl (C=O) groups is 3. The standard InChI is InChI=1S/C28H34N4O7S/c1-27(25(34)29-36,40(4,37)38)13-14-31-17-23-15-21(16-32(23)26(31)35)6-5-20-7-9-22(10-8-20)28(11-12-28)19-39-24(33)18-30(2)3/h7-10,15-16,36H,11-14,17-19H2,1-4H3,(H,29,34)/t27-/m1/s1. The van der Waals surface area contributed by atoms with E-state index in [1.165, 1.54) is 21.9 Å². The van der Waals surface area contributed by atoms with E-state index in [9.17, 15) is 22.8 Å². The minimum Gasteiger partial charge on any atom is -0.464 e. The Bertz CT molecular complexity index is 1480. The fraction of sp³-hybridized carbons (Fsp3) is 0.464. The smallest absolute Gasteiger partial charge is 0.328 e. The second kappa shape index (κ2) is 11.1. The molecule has 0 spiro atoms. The highest BCUT2D eigenvalue weighted by atomic mass is 32.2. The van der Waals surface area contributed by atoms with Gasteiger partial charge in [-0.1, -0.05) is 24.0 Å². The van der Waals surface area contributed by atoms with Crippen LogP contribution in [0.15, 0.2) is 36.5 Å². The summed E-state index contributed by atoms with van der Waals surface area (Å²) in [5, 5.41) is 8.99. The summed E-state index contributed by atoms with van der Waals surface area (Å²) >= 11 is 0. The third kappa shape index (κ3) is 6.06. The number of hydroxylamine groups is 1. The Kier molecular flexibility index (Phi) is 8.12. The average Bonchev–Trinajstić information content (AvgIpc) is 3.50. The van der Waals surface area contributed by atoms with Gasteiger partial charge in [0, 0.05) is 41.2 Å². The van der Waals surface area contributed by atoms with E-state index in [1.54, 1.807) is 17.2 Å². The van der Waals surface area contributed by atoms with Crippen molar-refractivity contribution in [2.45, 2.75) is 42.9 Å². The molecule has 0 bridgehead atoms. The first-order valence-electron chi connectivity index (χ1n) is 12.9. The van der Waals surface area contributed by atoms with Gasteiger partial charge in [-0.25, -0.2) is 18.7 Å². The largest absolute Gasteiger partial charge is 0.464 e. The first kappa shape index (κ1) is 29.3. The van der Waals surface area contributed by atoms with Gasteiger partial charge in [0.05, 0.1) is 13.1 Å². The van der Waals surface area contributed by atoms with Crippen LogP contribution in [0.25, 0.3) is 0 Å². The fourth-order valence-electron chi connectivity index (χ4n) is 4.64. The van der Waals surface area contributed by atoms with Crippen LogP contribution in [0.5, 0.6) is 0 Å². The maximum atomic E-state index is 12.9. The van der Waals surface area contributed by atoms with Gasteiger partial charge >= 0.3 is 12.0 Å². The summed E-state index contributed by atoms with van der Waals surface area (Å²) in [7, 11) is -0.206. The number of rotatable bonds is 10.